The summed E-state index contributed by atoms with van der Waals surface area (Å²) in [5.41, 5.74) is 2.05. The zero-order chi connectivity index (χ0) is 17.9. The van der Waals surface area contributed by atoms with Crippen LogP contribution >= 0.6 is 0 Å². The predicted octanol–water partition coefficient (Wildman–Crippen LogP) is 1.37. The van der Waals surface area contributed by atoms with Gasteiger partial charge in [-0.25, -0.2) is 4.52 Å². The summed E-state index contributed by atoms with van der Waals surface area (Å²) in [6.45, 7) is 2.44. The Balaban J connectivity index is 1.28. The van der Waals surface area contributed by atoms with Crippen molar-refractivity contribution < 1.29 is 14.3 Å². The summed E-state index contributed by atoms with van der Waals surface area (Å²) in [5, 5.41) is 7.25. The Labute approximate surface area is 152 Å². The highest BCUT2D eigenvalue weighted by atomic mass is 16.5. The molecule has 0 aliphatic carbocycles. The minimum atomic E-state index is -0.267. The summed E-state index contributed by atoms with van der Waals surface area (Å²) < 4.78 is 7.28. The fourth-order valence-corrected chi connectivity index (χ4v) is 3.83. The number of carbonyl (C=O) groups excluding carboxylic acids is 2. The van der Waals surface area contributed by atoms with Gasteiger partial charge in [0.05, 0.1) is 5.52 Å². The third-order valence-corrected chi connectivity index (χ3v) is 5.36. The van der Waals surface area contributed by atoms with E-state index in [1.165, 1.54) is 0 Å². The van der Waals surface area contributed by atoms with E-state index in [-0.39, 0.29) is 23.8 Å². The van der Waals surface area contributed by atoms with E-state index in [2.05, 4.69) is 10.4 Å². The van der Waals surface area contributed by atoms with Crippen LogP contribution < -0.4 is 5.32 Å². The molecule has 1 unspecified atom stereocenters. The molecule has 2 aliphatic heterocycles. The first-order valence-corrected chi connectivity index (χ1v) is 9.32. The minimum Gasteiger partial charge on any atom is -0.368 e. The summed E-state index contributed by atoms with van der Waals surface area (Å²) in [6.07, 6.45) is 6.57. The zero-order valence-corrected chi connectivity index (χ0v) is 14.8. The number of pyridine rings is 1. The van der Waals surface area contributed by atoms with Gasteiger partial charge in [0.25, 0.3) is 5.91 Å². The number of nitrogens with one attached hydrogen (secondary N) is 1. The van der Waals surface area contributed by atoms with E-state index in [1.807, 2.05) is 29.3 Å². The molecule has 2 aromatic heterocycles. The number of rotatable bonds is 4. The highest BCUT2D eigenvalue weighted by Crippen LogP contribution is 2.21. The number of amides is 2. The van der Waals surface area contributed by atoms with E-state index >= 15 is 0 Å². The maximum absolute atomic E-state index is 12.5. The Morgan fingerprint density at radius 2 is 2.08 bits per heavy atom. The number of likely N-dealkylation sites (tertiary alicyclic amines) is 1. The normalized spacial score (nSPS) is 21.2. The second-order valence-corrected chi connectivity index (χ2v) is 7.01. The van der Waals surface area contributed by atoms with Crippen molar-refractivity contribution in [3.05, 3.63) is 36.2 Å². The van der Waals surface area contributed by atoms with Gasteiger partial charge in [-0.15, -0.1) is 0 Å². The van der Waals surface area contributed by atoms with E-state index in [0.29, 0.717) is 39.1 Å². The molecule has 7 heteroatoms. The standard InChI is InChI=1S/C19H24N4O3/c24-18(20-13-15-3-1-9-23-16(15)5-8-21-23)14-6-10-22(11-7-14)19(25)17-4-2-12-26-17/h1,3,5,8-9,14,17H,2,4,6-7,10-13H2,(H,20,24). The van der Waals surface area contributed by atoms with E-state index in [0.717, 1.165) is 23.9 Å². The summed E-state index contributed by atoms with van der Waals surface area (Å²) >= 11 is 0. The molecule has 4 rings (SSSR count). The number of ether oxygens (including phenoxy) is 1. The van der Waals surface area contributed by atoms with Gasteiger partial charge in [0.2, 0.25) is 5.91 Å². The molecule has 2 aliphatic rings. The molecule has 7 nitrogen and oxygen atoms in total. The van der Waals surface area contributed by atoms with Gasteiger partial charge in [-0.3, -0.25) is 9.59 Å². The molecule has 0 saturated carbocycles. The molecule has 4 heterocycles. The fraction of sp³-hybridized carbons (Fsp3) is 0.526. The van der Waals surface area contributed by atoms with Gasteiger partial charge in [-0.2, -0.15) is 5.10 Å². The maximum Gasteiger partial charge on any atom is 0.251 e. The Morgan fingerprint density at radius 3 is 2.85 bits per heavy atom. The second-order valence-electron chi connectivity index (χ2n) is 7.01. The molecule has 26 heavy (non-hydrogen) atoms. The first-order chi connectivity index (χ1) is 12.7. The van der Waals surface area contributed by atoms with Crippen LogP contribution in [-0.2, 0) is 20.9 Å². The zero-order valence-electron chi connectivity index (χ0n) is 14.8. The lowest BCUT2D eigenvalue weighted by molar-refractivity contribution is -0.143. The van der Waals surface area contributed by atoms with Crippen LogP contribution in [0.3, 0.4) is 0 Å². The van der Waals surface area contributed by atoms with Crippen LogP contribution in [0.25, 0.3) is 5.52 Å². The van der Waals surface area contributed by atoms with E-state index in [1.54, 1.807) is 10.7 Å². The van der Waals surface area contributed by atoms with Crippen LogP contribution in [-0.4, -0.2) is 52.1 Å². The highest BCUT2D eigenvalue weighted by Gasteiger charge is 2.32. The number of aromatic nitrogens is 2. The minimum absolute atomic E-state index is 0.0341. The van der Waals surface area contributed by atoms with Crippen molar-refractivity contribution in [1.82, 2.24) is 19.8 Å². The van der Waals surface area contributed by atoms with Crippen molar-refractivity contribution in [1.29, 1.82) is 0 Å². The molecular formula is C19H24N4O3. The fourth-order valence-electron chi connectivity index (χ4n) is 3.83. The van der Waals surface area contributed by atoms with Gasteiger partial charge < -0.3 is 15.0 Å². The molecule has 0 bridgehead atoms. The lowest BCUT2D eigenvalue weighted by atomic mass is 9.95. The van der Waals surface area contributed by atoms with Gasteiger partial charge in [0, 0.05) is 44.6 Å². The van der Waals surface area contributed by atoms with Crippen molar-refractivity contribution in [3.63, 3.8) is 0 Å². The molecule has 0 spiro atoms. The number of hydrogen-bond acceptors (Lipinski definition) is 4. The van der Waals surface area contributed by atoms with Crippen molar-refractivity contribution in [2.45, 2.75) is 38.3 Å². The van der Waals surface area contributed by atoms with Crippen LogP contribution in [0.5, 0.6) is 0 Å². The van der Waals surface area contributed by atoms with Crippen molar-refractivity contribution in [3.8, 4) is 0 Å². The lowest BCUT2D eigenvalue weighted by Crippen LogP contribution is -2.46. The smallest absolute Gasteiger partial charge is 0.251 e. The molecule has 138 valence electrons. The molecule has 2 fully saturated rings. The Kier molecular flexibility index (Phi) is 4.88. The molecule has 1 N–H and O–H groups in total. The van der Waals surface area contributed by atoms with Crippen molar-refractivity contribution >= 4 is 17.3 Å². The van der Waals surface area contributed by atoms with Crippen LogP contribution in [0.4, 0.5) is 0 Å². The molecule has 2 amide bonds. The molecule has 2 aromatic rings. The van der Waals surface area contributed by atoms with Crippen molar-refractivity contribution in [2.75, 3.05) is 19.7 Å². The van der Waals surface area contributed by atoms with Crippen molar-refractivity contribution in [2.24, 2.45) is 5.92 Å². The molecule has 0 aromatic carbocycles. The number of piperidine rings is 1. The van der Waals surface area contributed by atoms with Gasteiger partial charge in [-0.05, 0) is 43.4 Å². The first kappa shape index (κ1) is 17.0. The molecule has 2 saturated heterocycles. The summed E-state index contributed by atoms with van der Waals surface area (Å²) in [5.74, 6) is 0.123. The Morgan fingerprint density at radius 1 is 1.23 bits per heavy atom. The van der Waals surface area contributed by atoms with E-state index in [4.69, 9.17) is 4.74 Å². The van der Waals surface area contributed by atoms with Gasteiger partial charge >= 0.3 is 0 Å². The lowest BCUT2D eigenvalue weighted by Gasteiger charge is -2.32. The third kappa shape index (κ3) is 3.44. The number of fused-ring (bicyclic) bond motifs is 1. The van der Waals surface area contributed by atoms with Gasteiger partial charge in [0.15, 0.2) is 0 Å². The highest BCUT2D eigenvalue weighted by molar-refractivity contribution is 5.82. The monoisotopic (exact) mass is 356 g/mol. The maximum atomic E-state index is 12.5. The van der Waals surface area contributed by atoms with Gasteiger partial charge in [-0.1, -0.05) is 6.07 Å². The quantitative estimate of drug-likeness (QED) is 0.898. The number of nitrogens with zero attached hydrogens (tertiary/aromatic N) is 3. The summed E-state index contributed by atoms with van der Waals surface area (Å²) in [7, 11) is 0. The van der Waals surface area contributed by atoms with E-state index in [9.17, 15) is 9.59 Å². The largest absolute Gasteiger partial charge is 0.368 e. The van der Waals surface area contributed by atoms with Crippen LogP contribution in [0.15, 0.2) is 30.6 Å². The predicted molar refractivity (Wildman–Crippen MR) is 95.3 cm³/mol. The summed E-state index contributed by atoms with van der Waals surface area (Å²) in [4.78, 5) is 26.7. The number of carbonyl (C=O) groups is 2. The average Bonchev–Trinajstić information content (AvgIpc) is 3.37. The van der Waals surface area contributed by atoms with Crippen LogP contribution in [0.2, 0.25) is 0 Å². The summed E-state index contributed by atoms with van der Waals surface area (Å²) in [6, 6.07) is 5.87. The number of hydrogen-bond donors (Lipinski definition) is 1. The molecular weight excluding hydrogens is 332 g/mol. The Bertz CT molecular complexity index is 789. The molecule has 0 radical (unpaired) electrons. The van der Waals surface area contributed by atoms with E-state index < -0.39 is 0 Å². The first-order valence-electron chi connectivity index (χ1n) is 9.32. The van der Waals surface area contributed by atoms with Crippen LogP contribution in [0.1, 0.15) is 31.2 Å². The SMILES string of the molecule is O=C(NCc1cccn2nccc12)C1CCN(C(=O)C2CCCO2)CC1. The second kappa shape index (κ2) is 7.45. The van der Waals surface area contributed by atoms with Gasteiger partial charge in [0.1, 0.15) is 6.10 Å². The third-order valence-electron chi connectivity index (χ3n) is 5.36. The topological polar surface area (TPSA) is 75.9 Å². The molecule has 1 atom stereocenters. The average molecular weight is 356 g/mol. The Hall–Kier alpha value is -2.41. The van der Waals surface area contributed by atoms with Crippen LogP contribution in [0, 0.1) is 5.92 Å².